The van der Waals surface area contributed by atoms with Crippen molar-refractivity contribution >= 4 is 51.8 Å². The highest BCUT2D eigenvalue weighted by atomic mass is 35.5. The van der Waals surface area contributed by atoms with E-state index in [1.807, 2.05) is 0 Å². The van der Waals surface area contributed by atoms with Crippen molar-refractivity contribution in [2.24, 2.45) is 12.5 Å². The number of benzene rings is 1. The van der Waals surface area contributed by atoms with Gasteiger partial charge in [0.1, 0.15) is 5.82 Å². The molecule has 1 saturated carbocycles. The lowest BCUT2D eigenvalue weighted by molar-refractivity contribution is 0.0905. The predicted molar refractivity (Wildman–Crippen MR) is 122 cm³/mol. The number of imidazole rings is 1. The summed E-state index contributed by atoms with van der Waals surface area (Å²) in [6.07, 6.45) is 6.80. The van der Waals surface area contributed by atoms with Gasteiger partial charge in [0.15, 0.2) is 0 Å². The normalized spacial score (nSPS) is 16.5. The Kier molecular flexibility index (Phi) is 5.83. The Morgan fingerprint density at radius 1 is 1.19 bits per heavy atom. The number of nitrogens with one attached hydrogen (secondary N) is 2. The summed E-state index contributed by atoms with van der Waals surface area (Å²) in [5.41, 5.74) is 1.76. The van der Waals surface area contributed by atoms with Crippen LogP contribution in [0.15, 0.2) is 24.5 Å². The first-order valence-corrected chi connectivity index (χ1v) is 10.9. The van der Waals surface area contributed by atoms with Crippen LogP contribution in [0.3, 0.4) is 0 Å². The number of carbonyl (C=O) groups excluding carboxylic acids is 1. The first-order valence-electron chi connectivity index (χ1n) is 10.2. The van der Waals surface area contributed by atoms with E-state index in [0.717, 1.165) is 25.7 Å². The van der Waals surface area contributed by atoms with Crippen molar-refractivity contribution in [1.29, 1.82) is 0 Å². The lowest BCUT2D eigenvalue weighted by Crippen LogP contribution is -2.39. The van der Waals surface area contributed by atoms with Crippen LogP contribution in [0.2, 0.25) is 10.0 Å². The second kappa shape index (κ2) is 8.28. The van der Waals surface area contributed by atoms with Crippen molar-refractivity contribution in [1.82, 2.24) is 19.9 Å². The summed E-state index contributed by atoms with van der Waals surface area (Å²) in [6, 6.07) is 2.86. The van der Waals surface area contributed by atoms with Gasteiger partial charge in [-0.2, -0.15) is 0 Å². The monoisotopic (exact) mass is 463 g/mol. The van der Waals surface area contributed by atoms with E-state index < -0.39 is 11.7 Å². The fourth-order valence-electron chi connectivity index (χ4n) is 3.95. The van der Waals surface area contributed by atoms with Crippen LogP contribution in [-0.2, 0) is 7.05 Å². The highest BCUT2D eigenvalue weighted by Crippen LogP contribution is 2.35. The number of hydrogen-bond donors (Lipinski definition) is 2. The molecule has 1 amide bonds. The van der Waals surface area contributed by atoms with E-state index in [1.165, 1.54) is 24.5 Å². The minimum atomic E-state index is -0.587. The molecule has 3 aromatic rings. The average Bonchev–Trinajstić information content (AvgIpc) is 3.00. The minimum absolute atomic E-state index is 0.0121. The van der Waals surface area contributed by atoms with Gasteiger partial charge in [-0.25, -0.2) is 9.37 Å². The van der Waals surface area contributed by atoms with Gasteiger partial charge >= 0.3 is 0 Å². The number of aromatic nitrogens is 3. The van der Waals surface area contributed by atoms with Crippen molar-refractivity contribution in [2.75, 3.05) is 5.32 Å². The van der Waals surface area contributed by atoms with Gasteiger partial charge in [-0.3, -0.25) is 9.78 Å². The van der Waals surface area contributed by atoms with E-state index in [-0.39, 0.29) is 11.6 Å². The van der Waals surface area contributed by atoms with E-state index in [0.29, 0.717) is 38.1 Å². The number of pyridine rings is 1. The van der Waals surface area contributed by atoms with Crippen LogP contribution in [0.4, 0.5) is 16.0 Å². The average molecular weight is 464 g/mol. The molecule has 0 bridgehead atoms. The quantitative estimate of drug-likeness (QED) is 0.508. The van der Waals surface area contributed by atoms with Gasteiger partial charge < -0.3 is 15.2 Å². The van der Waals surface area contributed by atoms with Gasteiger partial charge in [-0.05, 0) is 37.2 Å². The molecule has 164 valence electrons. The molecule has 9 heteroatoms. The van der Waals surface area contributed by atoms with Crippen LogP contribution in [0.1, 0.15) is 49.9 Å². The number of amides is 1. The Labute approximate surface area is 190 Å². The standard InChI is InChI=1S/C22H24Cl2FN5O/c1-22(2)6-4-12(5-7-22)27-20(31)13-8-17-18(9-16(13)25)30(3)21(28-17)29-19-14(23)10-26-11-15(19)24/h8-12H,4-7H2,1-3H3,(H,27,31)(H,26,28,29). The van der Waals surface area contributed by atoms with Crippen molar-refractivity contribution in [3.05, 3.63) is 46.0 Å². The highest BCUT2D eigenvalue weighted by molar-refractivity contribution is 6.39. The maximum atomic E-state index is 14.8. The molecule has 1 aliphatic carbocycles. The molecule has 31 heavy (non-hydrogen) atoms. The molecule has 2 N–H and O–H groups in total. The van der Waals surface area contributed by atoms with Crippen LogP contribution in [0.5, 0.6) is 0 Å². The van der Waals surface area contributed by atoms with Gasteiger partial charge in [-0.15, -0.1) is 0 Å². The lowest BCUT2D eigenvalue weighted by atomic mass is 9.75. The number of anilines is 2. The molecule has 1 aromatic carbocycles. The summed E-state index contributed by atoms with van der Waals surface area (Å²) in [6.45, 7) is 4.47. The summed E-state index contributed by atoms with van der Waals surface area (Å²) < 4.78 is 16.5. The zero-order valence-corrected chi connectivity index (χ0v) is 19.1. The lowest BCUT2D eigenvalue weighted by Gasteiger charge is -2.34. The molecule has 0 spiro atoms. The number of aryl methyl sites for hydroxylation is 1. The van der Waals surface area contributed by atoms with Gasteiger partial charge in [0, 0.05) is 31.5 Å². The molecule has 1 fully saturated rings. The van der Waals surface area contributed by atoms with Crippen molar-refractivity contribution in [3.8, 4) is 0 Å². The second-order valence-corrected chi connectivity index (χ2v) is 9.64. The van der Waals surface area contributed by atoms with Gasteiger partial charge in [0.25, 0.3) is 5.91 Å². The zero-order chi connectivity index (χ0) is 22.3. The third kappa shape index (κ3) is 4.48. The Balaban J connectivity index is 1.59. The van der Waals surface area contributed by atoms with Crippen molar-refractivity contribution < 1.29 is 9.18 Å². The van der Waals surface area contributed by atoms with E-state index in [9.17, 15) is 9.18 Å². The predicted octanol–water partition coefficient (Wildman–Crippen LogP) is 5.86. The number of rotatable bonds is 4. The number of carbonyl (C=O) groups is 1. The van der Waals surface area contributed by atoms with E-state index >= 15 is 0 Å². The largest absolute Gasteiger partial charge is 0.349 e. The number of nitrogens with zero attached hydrogens (tertiary/aromatic N) is 3. The Morgan fingerprint density at radius 3 is 2.48 bits per heavy atom. The van der Waals surface area contributed by atoms with E-state index in [1.54, 1.807) is 11.6 Å². The Bertz CT molecular complexity index is 1130. The van der Waals surface area contributed by atoms with Crippen LogP contribution in [0.25, 0.3) is 11.0 Å². The van der Waals surface area contributed by atoms with Crippen molar-refractivity contribution in [2.45, 2.75) is 45.6 Å². The first-order chi connectivity index (χ1) is 14.6. The van der Waals surface area contributed by atoms with Crippen LogP contribution in [-0.4, -0.2) is 26.5 Å². The van der Waals surface area contributed by atoms with E-state index in [2.05, 4.69) is 34.4 Å². The first kappa shape index (κ1) is 21.8. The maximum Gasteiger partial charge on any atom is 0.254 e. The van der Waals surface area contributed by atoms with E-state index in [4.69, 9.17) is 23.2 Å². The molecule has 0 aliphatic heterocycles. The zero-order valence-electron chi connectivity index (χ0n) is 17.6. The third-order valence-corrected chi connectivity index (χ3v) is 6.55. The molecule has 2 heterocycles. The minimum Gasteiger partial charge on any atom is -0.349 e. The Morgan fingerprint density at radius 2 is 1.84 bits per heavy atom. The van der Waals surface area contributed by atoms with Crippen molar-refractivity contribution in [3.63, 3.8) is 0 Å². The second-order valence-electron chi connectivity index (χ2n) is 8.83. The third-order valence-electron chi connectivity index (χ3n) is 5.98. The maximum absolute atomic E-state index is 14.8. The molecule has 0 saturated heterocycles. The van der Waals surface area contributed by atoms with Crippen LogP contribution < -0.4 is 10.6 Å². The van der Waals surface area contributed by atoms with Crippen LogP contribution >= 0.6 is 23.2 Å². The molecule has 6 nitrogen and oxygen atoms in total. The smallest absolute Gasteiger partial charge is 0.254 e. The fraction of sp³-hybridized carbons (Fsp3) is 0.409. The molecular formula is C22H24Cl2FN5O. The van der Waals surface area contributed by atoms with Gasteiger partial charge in [0.2, 0.25) is 5.95 Å². The number of hydrogen-bond acceptors (Lipinski definition) is 4. The fourth-order valence-corrected chi connectivity index (χ4v) is 4.41. The SMILES string of the molecule is Cn1c(Nc2c(Cl)cncc2Cl)nc2cc(C(=O)NC3CCC(C)(C)CC3)c(F)cc21. The molecule has 0 atom stereocenters. The molecule has 1 aliphatic rings. The number of halogens is 3. The summed E-state index contributed by atoms with van der Waals surface area (Å²) in [7, 11) is 1.74. The Hall–Kier alpha value is -2.38. The number of fused-ring (bicyclic) bond motifs is 1. The molecule has 2 aromatic heterocycles. The summed E-state index contributed by atoms with van der Waals surface area (Å²) in [5.74, 6) is -0.586. The molecule has 4 rings (SSSR count). The van der Waals surface area contributed by atoms with Crippen LogP contribution in [0, 0.1) is 11.2 Å². The highest BCUT2D eigenvalue weighted by Gasteiger charge is 2.28. The van der Waals surface area contributed by atoms with Gasteiger partial charge in [0.05, 0.1) is 32.3 Å². The summed E-state index contributed by atoms with van der Waals surface area (Å²) >= 11 is 12.3. The molecular weight excluding hydrogens is 440 g/mol. The summed E-state index contributed by atoms with van der Waals surface area (Å²) in [4.78, 5) is 21.2. The molecule has 0 unspecified atom stereocenters. The topological polar surface area (TPSA) is 71.8 Å². The summed E-state index contributed by atoms with van der Waals surface area (Å²) in [5, 5.41) is 6.72. The van der Waals surface area contributed by atoms with Gasteiger partial charge in [-0.1, -0.05) is 37.0 Å². The molecule has 0 radical (unpaired) electrons.